The van der Waals surface area contributed by atoms with Crippen molar-refractivity contribution in [1.82, 2.24) is 10.2 Å². The third kappa shape index (κ3) is 6.69. The van der Waals surface area contributed by atoms with Gasteiger partial charge in [-0.1, -0.05) is 30.9 Å². The summed E-state index contributed by atoms with van der Waals surface area (Å²) in [6, 6.07) is 5.71. The minimum atomic E-state index is -0.476. The molecule has 4 rings (SSSR count). The second kappa shape index (κ2) is 13.2. The van der Waals surface area contributed by atoms with E-state index in [0.717, 1.165) is 36.8 Å². The molecule has 1 aromatic carbocycles. The van der Waals surface area contributed by atoms with Gasteiger partial charge in [0, 0.05) is 48.4 Å². The predicted octanol–water partition coefficient (Wildman–Crippen LogP) is 2.64. The predicted molar refractivity (Wildman–Crippen MR) is 141 cm³/mol. The number of benzene rings is 1. The lowest BCUT2D eigenvalue weighted by atomic mass is 9.72. The second-order valence-corrected chi connectivity index (χ2v) is 10.7. The first-order chi connectivity index (χ1) is 18.4. The van der Waals surface area contributed by atoms with Crippen LogP contribution in [-0.2, 0) is 25.5 Å². The highest BCUT2D eigenvalue weighted by Gasteiger charge is 2.40. The maximum Gasteiger partial charge on any atom is 0.248 e. The third-order valence-electron chi connectivity index (χ3n) is 8.20. The number of ketones is 1. The number of ether oxygens (including phenoxy) is 1. The van der Waals surface area contributed by atoms with Crippen LogP contribution in [0.1, 0.15) is 79.8 Å². The first kappa shape index (κ1) is 28.0. The number of nitrogens with zero attached hydrogens (tertiary/aromatic N) is 1. The molecule has 2 atom stereocenters. The Morgan fingerprint density at radius 3 is 2.55 bits per heavy atom. The Bertz CT molecular complexity index is 1110. The summed E-state index contributed by atoms with van der Waals surface area (Å²) in [6.07, 6.45) is 6.59. The van der Waals surface area contributed by atoms with Crippen LogP contribution >= 0.6 is 0 Å². The molecule has 3 aliphatic rings. The van der Waals surface area contributed by atoms with Gasteiger partial charge >= 0.3 is 0 Å². The Hall–Kier alpha value is -3.02. The van der Waals surface area contributed by atoms with E-state index in [-0.39, 0.29) is 36.0 Å². The van der Waals surface area contributed by atoms with Gasteiger partial charge in [0.1, 0.15) is 6.61 Å². The molecule has 2 unspecified atom stereocenters. The summed E-state index contributed by atoms with van der Waals surface area (Å²) in [6.45, 7) is 3.06. The third-order valence-corrected chi connectivity index (χ3v) is 8.20. The maximum atomic E-state index is 13.2. The van der Waals surface area contributed by atoms with Gasteiger partial charge in [-0.2, -0.15) is 0 Å². The highest BCUT2D eigenvalue weighted by Crippen LogP contribution is 2.35. The lowest BCUT2D eigenvalue weighted by Crippen LogP contribution is -2.46. The fourth-order valence-electron chi connectivity index (χ4n) is 6.01. The largest absolute Gasteiger partial charge is 0.387 e. The van der Waals surface area contributed by atoms with E-state index in [9.17, 15) is 24.3 Å². The van der Waals surface area contributed by atoms with Crippen molar-refractivity contribution in [2.75, 3.05) is 26.4 Å². The van der Waals surface area contributed by atoms with E-state index < -0.39 is 18.4 Å². The van der Waals surface area contributed by atoms with Crippen molar-refractivity contribution in [3.05, 3.63) is 34.9 Å². The summed E-state index contributed by atoms with van der Waals surface area (Å²) in [5, 5.41) is 11.7. The van der Waals surface area contributed by atoms with E-state index in [4.69, 9.17) is 4.74 Å². The van der Waals surface area contributed by atoms with Gasteiger partial charge in [-0.05, 0) is 62.5 Å². The van der Waals surface area contributed by atoms with Crippen molar-refractivity contribution in [3.63, 3.8) is 0 Å². The summed E-state index contributed by atoms with van der Waals surface area (Å²) >= 11 is 0. The van der Waals surface area contributed by atoms with E-state index in [1.807, 2.05) is 12.1 Å². The number of carbonyl (C=O) groups is 4. The molecule has 8 nitrogen and oxygen atoms in total. The summed E-state index contributed by atoms with van der Waals surface area (Å²) < 4.78 is 5.74. The van der Waals surface area contributed by atoms with Crippen LogP contribution in [0.4, 0.5) is 0 Å². The van der Waals surface area contributed by atoms with Crippen molar-refractivity contribution >= 4 is 23.5 Å². The number of hydrogen-bond acceptors (Lipinski definition) is 6. The topological polar surface area (TPSA) is 113 Å². The van der Waals surface area contributed by atoms with E-state index >= 15 is 0 Å². The monoisotopic (exact) mass is 522 g/mol. The number of rotatable bonds is 8. The zero-order valence-corrected chi connectivity index (χ0v) is 22.2. The number of carbonyl (C=O) groups excluding carboxylic acids is 4. The average Bonchev–Trinajstić information content (AvgIpc) is 2.91. The SMILES string of the molecule is CC1CCC(N(CCOCCC#Cc2cccc3c2CCC(C2CCC(=O)NC2=O)C3=O)C(=O)CO)CC1. The Labute approximate surface area is 224 Å². The molecule has 1 heterocycles. The second-order valence-electron chi connectivity index (χ2n) is 10.7. The van der Waals surface area contributed by atoms with Crippen LogP contribution < -0.4 is 5.32 Å². The average molecular weight is 523 g/mol. The van der Waals surface area contributed by atoms with E-state index in [0.29, 0.717) is 56.9 Å². The lowest BCUT2D eigenvalue weighted by Gasteiger charge is -2.35. The van der Waals surface area contributed by atoms with Gasteiger partial charge in [0.05, 0.1) is 13.2 Å². The minimum Gasteiger partial charge on any atom is -0.387 e. The maximum absolute atomic E-state index is 13.2. The number of nitrogens with one attached hydrogen (secondary N) is 1. The number of Topliss-reactive ketones (excluding diaryl/α,β-unsaturated/α-hetero) is 1. The van der Waals surface area contributed by atoms with Gasteiger partial charge in [-0.15, -0.1) is 0 Å². The van der Waals surface area contributed by atoms with Gasteiger partial charge in [0.15, 0.2) is 5.78 Å². The molecule has 1 saturated heterocycles. The summed E-state index contributed by atoms with van der Waals surface area (Å²) in [5.41, 5.74) is 2.37. The summed E-state index contributed by atoms with van der Waals surface area (Å²) in [4.78, 5) is 51.0. The molecule has 1 aliphatic heterocycles. The highest BCUT2D eigenvalue weighted by molar-refractivity contribution is 6.06. The molecule has 0 aromatic heterocycles. The first-order valence-electron chi connectivity index (χ1n) is 13.9. The van der Waals surface area contributed by atoms with Crippen LogP contribution in [0, 0.1) is 29.6 Å². The molecule has 0 spiro atoms. The smallest absolute Gasteiger partial charge is 0.248 e. The lowest BCUT2D eigenvalue weighted by molar-refractivity contribution is -0.139. The van der Waals surface area contributed by atoms with Crippen molar-refractivity contribution in [2.45, 2.75) is 70.8 Å². The van der Waals surface area contributed by atoms with Gasteiger partial charge in [-0.25, -0.2) is 0 Å². The van der Waals surface area contributed by atoms with Crippen LogP contribution in [0.25, 0.3) is 0 Å². The zero-order chi connectivity index (χ0) is 27.1. The number of fused-ring (bicyclic) bond motifs is 1. The van der Waals surface area contributed by atoms with Crippen LogP contribution in [0.2, 0.25) is 0 Å². The molecule has 2 fully saturated rings. The number of aliphatic hydroxyl groups excluding tert-OH is 1. The van der Waals surface area contributed by atoms with Crippen molar-refractivity contribution in [1.29, 1.82) is 0 Å². The molecule has 1 saturated carbocycles. The van der Waals surface area contributed by atoms with Crippen LogP contribution in [-0.4, -0.2) is 65.9 Å². The number of piperidine rings is 1. The van der Waals surface area contributed by atoms with Crippen LogP contribution in [0.5, 0.6) is 0 Å². The van der Waals surface area contributed by atoms with Gasteiger partial charge in [0.2, 0.25) is 17.7 Å². The number of hydrogen-bond donors (Lipinski definition) is 2. The Morgan fingerprint density at radius 2 is 1.82 bits per heavy atom. The Balaban J connectivity index is 1.27. The Morgan fingerprint density at radius 1 is 1.05 bits per heavy atom. The van der Waals surface area contributed by atoms with E-state index in [2.05, 4.69) is 24.1 Å². The normalized spacial score (nSPS) is 25.2. The van der Waals surface area contributed by atoms with Crippen LogP contribution in [0.15, 0.2) is 18.2 Å². The van der Waals surface area contributed by atoms with Gasteiger partial charge < -0.3 is 14.7 Å². The molecular weight excluding hydrogens is 484 g/mol. The number of amides is 3. The number of imide groups is 1. The molecule has 3 amide bonds. The zero-order valence-electron chi connectivity index (χ0n) is 22.2. The van der Waals surface area contributed by atoms with E-state index in [1.165, 1.54) is 0 Å². The highest BCUT2D eigenvalue weighted by atomic mass is 16.5. The molecule has 2 aliphatic carbocycles. The Kier molecular flexibility index (Phi) is 9.70. The molecule has 0 radical (unpaired) electrons. The quantitative estimate of drug-likeness (QED) is 0.308. The molecule has 8 heteroatoms. The van der Waals surface area contributed by atoms with Crippen molar-refractivity contribution < 1.29 is 29.0 Å². The minimum absolute atomic E-state index is 0.0397. The van der Waals surface area contributed by atoms with Crippen molar-refractivity contribution in [2.24, 2.45) is 17.8 Å². The van der Waals surface area contributed by atoms with E-state index in [1.54, 1.807) is 11.0 Å². The van der Waals surface area contributed by atoms with Crippen LogP contribution in [0.3, 0.4) is 0 Å². The van der Waals surface area contributed by atoms with Gasteiger partial charge in [-0.3, -0.25) is 24.5 Å². The standard InChI is InChI=1S/C30H38N2O6/c1-20-8-10-22(11-9-20)32(28(35)19-33)16-18-38-17-3-2-5-21-6-4-7-24-23(21)12-13-25(29(24)36)26-14-15-27(34)31-30(26)37/h4,6-7,20,22,25-26,33H,3,8-19H2,1H3,(H,31,34,37). The van der Waals surface area contributed by atoms with Gasteiger partial charge in [0.25, 0.3) is 0 Å². The number of aliphatic hydroxyl groups is 1. The molecule has 1 aromatic rings. The molecule has 0 bridgehead atoms. The summed E-state index contributed by atoms with van der Waals surface area (Å²) in [7, 11) is 0. The molecular formula is C30H38N2O6. The fraction of sp³-hybridized carbons (Fsp3) is 0.600. The summed E-state index contributed by atoms with van der Waals surface area (Å²) in [5.74, 6) is 5.26. The molecule has 204 valence electrons. The van der Waals surface area contributed by atoms with Crippen molar-refractivity contribution in [3.8, 4) is 11.8 Å². The molecule has 2 N–H and O–H groups in total. The molecule has 38 heavy (non-hydrogen) atoms. The fourth-order valence-corrected chi connectivity index (χ4v) is 6.01. The first-order valence-corrected chi connectivity index (χ1v) is 13.9.